The Morgan fingerprint density at radius 1 is 0.800 bits per heavy atom. The molecule has 0 spiro atoms. The highest BCUT2D eigenvalue weighted by Crippen LogP contribution is 2.27. The Bertz CT molecular complexity index is 1150. The number of rotatable bonds is 6. The van der Waals surface area contributed by atoms with Gasteiger partial charge in [-0.05, 0) is 42.0 Å². The fourth-order valence-corrected chi connectivity index (χ4v) is 3.70. The normalized spacial score (nSPS) is 12.9. The molecule has 4 rings (SSSR count). The molecule has 4 aromatic rings. The average molecular weight is 396 g/mol. The van der Waals surface area contributed by atoms with Gasteiger partial charge in [0, 0.05) is 5.39 Å². The zero-order chi connectivity index (χ0) is 20.9. The zero-order valence-corrected chi connectivity index (χ0v) is 17.2. The summed E-state index contributed by atoms with van der Waals surface area (Å²) in [6, 6.07) is 31.8. The molecule has 4 aromatic carbocycles. The van der Waals surface area contributed by atoms with E-state index in [1.807, 2.05) is 84.9 Å². The van der Waals surface area contributed by atoms with Crippen LogP contribution in [0.1, 0.15) is 29.7 Å². The van der Waals surface area contributed by atoms with E-state index in [-0.39, 0.29) is 11.9 Å². The van der Waals surface area contributed by atoms with Crippen LogP contribution in [0.15, 0.2) is 97.1 Å². The second-order valence-corrected chi connectivity index (χ2v) is 7.45. The lowest BCUT2D eigenvalue weighted by molar-refractivity contribution is -0.127. The molecule has 1 N–H and O–H groups in total. The monoisotopic (exact) mass is 395 g/mol. The molecule has 0 bridgehead atoms. The first-order valence-electron chi connectivity index (χ1n) is 10.2. The smallest absolute Gasteiger partial charge is 0.261 e. The van der Waals surface area contributed by atoms with Gasteiger partial charge in [-0.25, -0.2) is 0 Å². The van der Waals surface area contributed by atoms with Crippen molar-refractivity contribution in [2.75, 3.05) is 0 Å². The Morgan fingerprint density at radius 3 is 2.27 bits per heavy atom. The van der Waals surface area contributed by atoms with Crippen LogP contribution in [0, 0.1) is 6.92 Å². The highest BCUT2D eigenvalue weighted by molar-refractivity contribution is 5.89. The molecule has 150 valence electrons. The predicted molar refractivity (Wildman–Crippen MR) is 122 cm³/mol. The van der Waals surface area contributed by atoms with E-state index in [1.54, 1.807) is 6.92 Å². The molecule has 3 nitrogen and oxygen atoms in total. The molecule has 0 heterocycles. The fraction of sp³-hybridized carbons (Fsp3) is 0.148. The third kappa shape index (κ3) is 4.20. The van der Waals surface area contributed by atoms with Gasteiger partial charge in [0.2, 0.25) is 0 Å². The van der Waals surface area contributed by atoms with Crippen molar-refractivity contribution >= 4 is 16.7 Å². The number of nitrogens with one attached hydrogen (secondary N) is 1. The van der Waals surface area contributed by atoms with Gasteiger partial charge >= 0.3 is 0 Å². The molecular formula is C27H25NO2. The molecule has 1 amide bonds. The molecule has 0 saturated heterocycles. The number of benzene rings is 4. The highest BCUT2D eigenvalue weighted by Gasteiger charge is 2.23. The van der Waals surface area contributed by atoms with Gasteiger partial charge in [-0.1, -0.05) is 91.0 Å². The van der Waals surface area contributed by atoms with Gasteiger partial charge in [0.25, 0.3) is 5.91 Å². The number of carbonyl (C=O) groups excluding carboxylic acids is 1. The van der Waals surface area contributed by atoms with Gasteiger partial charge < -0.3 is 10.1 Å². The van der Waals surface area contributed by atoms with Gasteiger partial charge in [-0.3, -0.25) is 4.79 Å². The number of hydrogen-bond donors (Lipinski definition) is 1. The number of hydrogen-bond acceptors (Lipinski definition) is 2. The van der Waals surface area contributed by atoms with E-state index < -0.39 is 6.10 Å². The summed E-state index contributed by atoms with van der Waals surface area (Å²) in [5.74, 6) is 0.558. The Morgan fingerprint density at radius 2 is 1.47 bits per heavy atom. The molecule has 0 aliphatic carbocycles. The maximum atomic E-state index is 13.1. The third-order valence-corrected chi connectivity index (χ3v) is 5.34. The Labute approximate surface area is 177 Å². The van der Waals surface area contributed by atoms with Crippen molar-refractivity contribution < 1.29 is 9.53 Å². The first kappa shape index (κ1) is 19.7. The first-order valence-corrected chi connectivity index (χ1v) is 10.2. The van der Waals surface area contributed by atoms with E-state index in [0.717, 1.165) is 27.5 Å². The van der Waals surface area contributed by atoms with Gasteiger partial charge in [-0.2, -0.15) is 0 Å². The number of ether oxygens (including phenoxy) is 1. The Hall–Kier alpha value is -3.59. The number of fused-ring (bicyclic) bond motifs is 1. The zero-order valence-electron chi connectivity index (χ0n) is 17.2. The number of amides is 1. The molecule has 30 heavy (non-hydrogen) atoms. The molecule has 0 aliphatic heterocycles. The van der Waals surface area contributed by atoms with Crippen molar-refractivity contribution in [3.05, 3.63) is 114 Å². The summed E-state index contributed by atoms with van der Waals surface area (Å²) in [5.41, 5.74) is 3.25. The summed E-state index contributed by atoms with van der Waals surface area (Å²) in [5, 5.41) is 5.28. The maximum absolute atomic E-state index is 13.1. The van der Waals surface area contributed by atoms with Crippen molar-refractivity contribution in [3.8, 4) is 5.75 Å². The second-order valence-electron chi connectivity index (χ2n) is 7.45. The summed E-state index contributed by atoms with van der Waals surface area (Å²) >= 11 is 0. The van der Waals surface area contributed by atoms with Crippen LogP contribution >= 0.6 is 0 Å². The van der Waals surface area contributed by atoms with Crippen LogP contribution in [-0.4, -0.2) is 12.0 Å². The number of carbonyl (C=O) groups is 1. The predicted octanol–water partition coefficient (Wildman–Crippen LogP) is 5.82. The van der Waals surface area contributed by atoms with Crippen molar-refractivity contribution in [1.82, 2.24) is 5.32 Å². The summed E-state index contributed by atoms with van der Waals surface area (Å²) in [7, 11) is 0. The Kier molecular flexibility index (Phi) is 5.80. The summed E-state index contributed by atoms with van der Waals surface area (Å²) in [6.45, 7) is 3.85. The van der Waals surface area contributed by atoms with E-state index >= 15 is 0 Å². The molecule has 0 fully saturated rings. The Balaban J connectivity index is 1.58. The van der Waals surface area contributed by atoms with Crippen molar-refractivity contribution in [2.24, 2.45) is 0 Å². The molecule has 2 atom stereocenters. The van der Waals surface area contributed by atoms with Gasteiger partial charge in [0.15, 0.2) is 6.10 Å². The molecule has 0 aliphatic rings. The lowest BCUT2D eigenvalue weighted by Crippen LogP contribution is -2.39. The minimum Gasteiger partial charge on any atom is -0.480 e. The van der Waals surface area contributed by atoms with Gasteiger partial charge in [0.1, 0.15) is 5.75 Å². The van der Waals surface area contributed by atoms with Gasteiger partial charge in [0.05, 0.1) is 6.04 Å². The SMILES string of the molecule is Cc1ccccc1[C@H](NC(=O)[C@H](C)Oc1cccc2ccccc12)c1ccccc1. The lowest BCUT2D eigenvalue weighted by Gasteiger charge is -2.24. The van der Waals surface area contributed by atoms with Crippen molar-refractivity contribution in [1.29, 1.82) is 0 Å². The van der Waals surface area contributed by atoms with Crippen molar-refractivity contribution in [3.63, 3.8) is 0 Å². The topological polar surface area (TPSA) is 38.3 Å². The molecule has 0 aromatic heterocycles. The third-order valence-electron chi connectivity index (χ3n) is 5.34. The minimum absolute atomic E-state index is 0.153. The molecule has 0 radical (unpaired) electrons. The summed E-state index contributed by atoms with van der Waals surface area (Å²) in [6.07, 6.45) is -0.633. The van der Waals surface area contributed by atoms with Gasteiger partial charge in [-0.15, -0.1) is 0 Å². The van der Waals surface area contributed by atoms with E-state index in [2.05, 4.69) is 24.4 Å². The quantitative estimate of drug-likeness (QED) is 0.447. The maximum Gasteiger partial charge on any atom is 0.261 e. The average Bonchev–Trinajstić information content (AvgIpc) is 2.79. The number of aryl methyl sites for hydroxylation is 1. The van der Waals surface area contributed by atoms with E-state index in [0.29, 0.717) is 5.75 Å². The van der Waals surface area contributed by atoms with E-state index in [4.69, 9.17) is 4.74 Å². The molecular weight excluding hydrogens is 370 g/mol. The van der Waals surface area contributed by atoms with Crippen LogP contribution in [0.5, 0.6) is 5.75 Å². The lowest BCUT2D eigenvalue weighted by atomic mass is 9.95. The molecule has 0 unspecified atom stereocenters. The second kappa shape index (κ2) is 8.83. The molecule has 3 heteroatoms. The van der Waals surface area contributed by atoms with Crippen molar-refractivity contribution in [2.45, 2.75) is 26.0 Å². The molecule has 0 saturated carbocycles. The highest BCUT2D eigenvalue weighted by atomic mass is 16.5. The summed E-state index contributed by atoms with van der Waals surface area (Å²) < 4.78 is 6.08. The standard InChI is InChI=1S/C27H25NO2/c1-19-11-6-8-16-23(19)26(22-13-4-3-5-14-22)28-27(29)20(2)30-25-18-10-15-21-12-7-9-17-24(21)25/h3-18,20,26H,1-2H3,(H,28,29)/t20-,26+/m0/s1. The van der Waals surface area contributed by atoms with Crippen LogP contribution in [0.25, 0.3) is 10.8 Å². The van der Waals surface area contributed by atoms with Crippen LogP contribution in [0.2, 0.25) is 0 Å². The van der Waals surface area contributed by atoms with Crippen LogP contribution < -0.4 is 10.1 Å². The van der Waals surface area contributed by atoms with Crippen LogP contribution in [0.4, 0.5) is 0 Å². The van der Waals surface area contributed by atoms with E-state index in [1.165, 1.54) is 0 Å². The fourth-order valence-electron chi connectivity index (χ4n) is 3.70. The minimum atomic E-state index is -0.633. The summed E-state index contributed by atoms with van der Waals surface area (Å²) in [4.78, 5) is 13.1. The van der Waals surface area contributed by atoms with Crippen LogP contribution in [-0.2, 0) is 4.79 Å². The largest absolute Gasteiger partial charge is 0.480 e. The first-order chi connectivity index (χ1) is 14.6. The van der Waals surface area contributed by atoms with Crippen LogP contribution in [0.3, 0.4) is 0 Å². The van der Waals surface area contributed by atoms with E-state index in [9.17, 15) is 4.79 Å².